The third-order valence-corrected chi connectivity index (χ3v) is 2.76. The molecule has 0 aromatic heterocycles. The van der Waals surface area contributed by atoms with E-state index in [-0.39, 0.29) is 0 Å². The molecule has 0 saturated carbocycles. The summed E-state index contributed by atoms with van der Waals surface area (Å²) in [6.07, 6.45) is 1.01. The molecule has 3 nitrogen and oxygen atoms in total. The van der Waals surface area contributed by atoms with Gasteiger partial charge in [-0.15, -0.1) is 0 Å². The van der Waals surface area contributed by atoms with Gasteiger partial charge in [0.15, 0.2) is 0 Å². The number of nitrogens with one attached hydrogen (secondary N) is 1. The van der Waals surface area contributed by atoms with Crippen molar-refractivity contribution in [3.8, 4) is 5.75 Å². The number of para-hydroxylation sites is 1. The standard InChI is InChI=1S/C14H24N2O/c1-11-6-4-7-12(2)14(11)17-10-13(3)16-9-5-8-15/h4,6-7,13,16H,5,8-10,15H2,1-3H3. The van der Waals surface area contributed by atoms with Gasteiger partial charge in [-0.1, -0.05) is 18.2 Å². The van der Waals surface area contributed by atoms with E-state index in [0.717, 1.165) is 25.3 Å². The lowest BCUT2D eigenvalue weighted by Crippen LogP contribution is -2.33. The zero-order valence-corrected chi connectivity index (χ0v) is 11.1. The molecule has 0 radical (unpaired) electrons. The first-order valence-corrected chi connectivity index (χ1v) is 6.27. The second-order valence-corrected chi connectivity index (χ2v) is 4.53. The summed E-state index contributed by atoms with van der Waals surface area (Å²) >= 11 is 0. The molecule has 1 aromatic carbocycles. The van der Waals surface area contributed by atoms with Crippen molar-refractivity contribution in [2.45, 2.75) is 33.2 Å². The Morgan fingerprint density at radius 2 is 1.94 bits per heavy atom. The Morgan fingerprint density at radius 1 is 1.29 bits per heavy atom. The molecule has 17 heavy (non-hydrogen) atoms. The number of benzene rings is 1. The van der Waals surface area contributed by atoms with Crippen molar-refractivity contribution in [1.29, 1.82) is 0 Å². The maximum Gasteiger partial charge on any atom is 0.125 e. The number of nitrogens with two attached hydrogens (primary N) is 1. The lowest BCUT2D eigenvalue weighted by atomic mass is 10.1. The SMILES string of the molecule is Cc1cccc(C)c1OCC(C)NCCCN. The van der Waals surface area contributed by atoms with Crippen LogP contribution in [0.5, 0.6) is 5.75 Å². The van der Waals surface area contributed by atoms with E-state index < -0.39 is 0 Å². The molecule has 0 spiro atoms. The topological polar surface area (TPSA) is 47.3 Å². The third kappa shape index (κ3) is 4.75. The van der Waals surface area contributed by atoms with Crippen LogP contribution >= 0.6 is 0 Å². The van der Waals surface area contributed by atoms with Gasteiger partial charge in [0.05, 0.1) is 0 Å². The van der Waals surface area contributed by atoms with Crippen LogP contribution in [0.25, 0.3) is 0 Å². The highest BCUT2D eigenvalue weighted by Gasteiger charge is 2.06. The largest absolute Gasteiger partial charge is 0.491 e. The van der Waals surface area contributed by atoms with E-state index in [1.807, 2.05) is 0 Å². The zero-order chi connectivity index (χ0) is 12.7. The molecule has 0 aliphatic heterocycles. The van der Waals surface area contributed by atoms with Crippen molar-refractivity contribution in [2.75, 3.05) is 19.7 Å². The minimum Gasteiger partial charge on any atom is -0.491 e. The smallest absolute Gasteiger partial charge is 0.125 e. The van der Waals surface area contributed by atoms with Crippen LogP contribution in [0.15, 0.2) is 18.2 Å². The molecule has 1 aromatic rings. The van der Waals surface area contributed by atoms with Crippen molar-refractivity contribution in [1.82, 2.24) is 5.32 Å². The zero-order valence-electron chi connectivity index (χ0n) is 11.1. The summed E-state index contributed by atoms with van der Waals surface area (Å²) < 4.78 is 5.87. The Morgan fingerprint density at radius 3 is 2.53 bits per heavy atom. The molecule has 1 unspecified atom stereocenters. The Balaban J connectivity index is 2.39. The van der Waals surface area contributed by atoms with Gasteiger partial charge in [-0.25, -0.2) is 0 Å². The number of ether oxygens (including phenoxy) is 1. The molecular formula is C14H24N2O. The summed E-state index contributed by atoms with van der Waals surface area (Å²) in [5.41, 5.74) is 7.84. The van der Waals surface area contributed by atoms with Crippen LogP contribution in [0.2, 0.25) is 0 Å². The molecule has 96 valence electrons. The maximum atomic E-state index is 5.87. The molecule has 0 amide bonds. The number of rotatable bonds is 7. The highest BCUT2D eigenvalue weighted by atomic mass is 16.5. The van der Waals surface area contributed by atoms with E-state index >= 15 is 0 Å². The minimum atomic E-state index is 0.348. The molecule has 1 atom stereocenters. The maximum absolute atomic E-state index is 5.87. The van der Waals surface area contributed by atoms with Crippen molar-refractivity contribution >= 4 is 0 Å². The van der Waals surface area contributed by atoms with Gasteiger partial charge in [-0.2, -0.15) is 0 Å². The summed E-state index contributed by atoms with van der Waals surface area (Å²) in [5, 5.41) is 3.39. The molecule has 0 aliphatic carbocycles. The van der Waals surface area contributed by atoms with E-state index in [1.54, 1.807) is 0 Å². The average Bonchev–Trinajstić information content (AvgIpc) is 2.29. The summed E-state index contributed by atoms with van der Waals surface area (Å²) in [5.74, 6) is 1.01. The van der Waals surface area contributed by atoms with Gasteiger partial charge in [0, 0.05) is 6.04 Å². The van der Waals surface area contributed by atoms with Crippen LogP contribution in [0.1, 0.15) is 24.5 Å². The number of aryl methyl sites for hydroxylation is 2. The van der Waals surface area contributed by atoms with E-state index in [4.69, 9.17) is 10.5 Å². The number of hydrogen-bond donors (Lipinski definition) is 2. The molecule has 1 rings (SSSR count). The molecule has 3 heteroatoms. The van der Waals surface area contributed by atoms with Crippen molar-refractivity contribution in [3.63, 3.8) is 0 Å². The van der Waals surface area contributed by atoms with Gasteiger partial charge < -0.3 is 15.8 Å². The molecule has 0 heterocycles. The van der Waals surface area contributed by atoms with Gasteiger partial charge in [0.25, 0.3) is 0 Å². The Kier molecular flexibility index (Phi) is 6.01. The van der Waals surface area contributed by atoms with Gasteiger partial charge in [0.1, 0.15) is 12.4 Å². The normalized spacial score (nSPS) is 12.5. The van der Waals surface area contributed by atoms with Crippen LogP contribution in [0.3, 0.4) is 0 Å². The van der Waals surface area contributed by atoms with E-state index in [2.05, 4.69) is 44.3 Å². The molecule has 0 aliphatic rings. The quantitative estimate of drug-likeness (QED) is 0.712. The summed E-state index contributed by atoms with van der Waals surface area (Å²) in [6, 6.07) is 6.56. The van der Waals surface area contributed by atoms with Gasteiger partial charge >= 0.3 is 0 Å². The molecular weight excluding hydrogens is 212 g/mol. The monoisotopic (exact) mass is 236 g/mol. The fourth-order valence-electron chi connectivity index (χ4n) is 1.74. The first kappa shape index (κ1) is 14.0. The summed E-state index contributed by atoms with van der Waals surface area (Å²) in [7, 11) is 0. The number of hydrogen-bond acceptors (Lipinski definition) is 3. The van der Waals surface area contributed by atoms with E-state index in [1.165, 1.54) is 11.1 Å². The fourth-order valence-corrected chi connectivity index (χ4v) is 1.74. The third-order valence-electron chi connectivity index (χ3n) is 2.76. The van der Waals surface area contributed by atoms with Crippen LogP contribution in [-0.2, 0) is 0 Å². The van der Waals surface area contributed by atoms with E-state index in [9.17, 15) is 0 Å². The first-order chi connectivity index (χ1) is 8.15. The Labute approximate surface area is 104 Å². The van der Waals surface area contributed by atoms with Crippen LogP contribution < -0.4 is 15.8 Å². The molecule has 0 fully saturated rings. The highest BCUT2D eigenvalue weighted by molar-refractivity contribution is 5.39. The fraction of sp³-hybridized carbons (Fsp3) is 0.571. The second-order valence-electron chi connectivity index (χ2n) is 4.53. The van der Waals surface area contributed by atoms with Gasteiger partial charge in [-0.3, -0.25) is 0 Å². The minimum absolute atomic E-state index is 0.348. The lowest BCUT2D eigenvalue weighted by molar-refractivity contribution is 0.270. The average molecular weight is 236 g/mol. The van der Waals surface area contributed by atoms with Crippen LogP contribution in [-0.4, -0.2) is 25.7 Å². The van der Waals surface area contributed by atoms with Gasteiger partial charge in [-0.05, 0) is 51.4 Å². The predicted molar refractivity (Wildman–Crippen MR) is 72.5 cm³/mol. The second kappa shape index (κ2) is 7.30. The van der Waals surface area contributed by atoms with Crippen LogP contribution in [0, 0.1) is 13.8 Å². The Hall–Kier alpha value is -1.06. The van der Waals surface area contributed by atoms with E-state index in [0.29, 0.717) is 12.6 Å². The Bertz CT molecular complexity index is 319. The summed E-state index contributed by atoms with van der Waals surface area (Å²) in [4.78, 5) is 0. The lowest BCUT2D eigenvalue weighted by Gasteiger charge is -2.17. The first-order valence-electron chi connectivity index (χ1n) is 6.27. The highest BCUT2D eigenvalue weighted by Crippen LogP contribution is 2.22. The van der Waals surface area contributed by atoms with Crippen molar-refractivity contribution in [3.05, 3.63) is 29.3 Å². The van der Waals surface area contributed by atoms with Gasteiger partial charge in [0.2, 0.25) is 0 Å². The summed E-state index contributed by atoms with van der Waals surface area (Å²) in [6.45, 7) is 8.66. The predicted octanol–water partition coefficient (Wildman–Crippen LogP) is 2.01. The molecule has 3 N–H and O–H groups in total. The molecule has 0 bridgehead atoms. The van der Waals surface area contributed by atoms with Crippen LogP contribution in [0.4, 0.5) is 0 Å². The van der Waals surface area contributed by atoms with Crippen molar-refractivity contribution in [2.24, 2.45) is 5.73 Å². The molecule has 0 saturated heterocycles. The van der Waals surface area contributed by atoms with Crippen molar-refractivity contribution < 1.29 is 4.74 Å².